The zero-order valence-corrected chi connectivity index (χ0v) is 13.2. The Balaban J connectivity index is 1.77. The number of carbonyl (C=O) groups excluding carboxylic acids is 1. The summed E-state index contributed by atoms with van der Waals surface area (Å²) in [6.07, 6.45) is 6.44. The molecule has 4 heteroatoms. The largest absolute Gasteiger partial charge is 0.372 e. The van der Waals surface area contributed by atoms with Crippen LogP contribution in [-0.4, -0.2) is 36.1 Å². The SMILES string of the molecule is CC1CN(C(=O)c2cc3c(s2)CCCCC3)CC(C)O1. The van der Waals surface area contributed by atoms with E-state index in [0.29, 0.717) is 13.1 Å². The van der Waals surface area contributed by atoms with Gasteiger partial charge in [-0.3, -0.25) is 4.79 Å². The molecule has 2 atom stereocenters. The molecule has 2 heterocycles. The van der Waals surface area contributed by atoms with Crippen LogP contribution in [0.25, 0.3) is 0 Å². The summed E-state index contributed by atoms with van der Waals surface area (Å²) in [5, 5.41) is 0. The van der Waals surface area contributed by atoms with E-state index in [1.165, 1.54) is 29.7 Å². The third kappa shape index (κ3) is 2.91. The van der Waals surface area contributed by atoms with Crippen molar-refractivity contribution in [3.63, 3.8) is 0 Å². The number of ether oxygens (including phenoxy) is 1. The molecule has 1 fully saturated rings. The van der Waals surface area contributed by atoms with Crippen LogP contribution < -0.4 is 0 Å². The third-order valence-corrected chi connectivity index (χ3v) is 5.39. The first-order valence-corrected chi connectivity index (χ1v) is 8.51. The summed E-state index contributed by atoms with van der Waals surface area (Å²) in [4.78, 5) is 17.0. The molecular weight excluding hydrogens is 270 g/mol. The van der Waals surface area contributed by atoms with E-state index in [0.717, 1.165) is 17.7 Å². The second-order valence-electron chi connectivity index (χ2n) is 6.09. The van der Waals surface area contributed by atoms with Crippen molar-refractivity contribution >= 4 is 17.2 Å². The van der Waals surface area contributed by atoms with E-state index in [9.17, 15) is 4.79 Å². The van der Waals surface area contributed by atoms with Crippen LogP contribution >= 0.6 is 11.3 Å². The van der Waals surface area contributed by atoms with Crippen molar-refractivity contribution in [2.75, 3.05) is 13.1 Å². The maximum atomic E-state index is 12.7. The first-order chi connectivity index (χ1) is 9.63. The molecule has 1 aromatic heterocycles. The number of hydrogen-bond donors (Lipinski definition) is 0. The minimum Gasteiger partial charge on any atom is -0.372 e. The van der Waals surface area contributed by atoms with Gasteiger partial charge >= 0.3 is 0 Å². The van der Waals surface area contributed by atoms with Gasteiger partial charge in [0.2, 0.25) is 0 Å². The van der Waals surface area contributed by atoms with Gasteiger partial charge in [0.1, 0.15) is 0 Å². The number of amides is 1. The standard InChI is InChI=1S/C16H23NO2S/c1-11-9-17(10-12(2)19-11)16(18)15-8-13-6-4-3-5-7-14(13)20-15/h8,11-12H,3-7,9-10H2,1-2H3. The van der Waals surface area contributed by atoms with Gasteiger partial charge in [-0.05, 0) is 51.2 Å². The van der Waals surface area contributed by atoms with Crippen molar-refractivity contribution < 1.29 is 9.53 Å². The molecular formula is C16H23NO2S. The Hall–Kier alpha value is -0.870. The number of carbonyl (C=O) groups is 1. The molecule has 0 bridgehead atoms. The summed E-state index contributed by atoms with van der Waals surface area (Å²) >= 11 is 1.72. The van der Waals surface area contributed by atoms with E-state index in [1.54, 1.807) is 11.3 Å². The highest BCUT2D eigenvalue weighted by Crippen LogP contribution is 2.30. The summed E-state index contributed by atoms with van der Waals surface area (Å²) in [6, 6.07) is 2.15. The lowest BCUT2D eigenvalue weighted by molar-refractivity contribution is -0.0585. The zero-order chi connectivity index (χ0) is 14.1. The highest BCUT2D eigenvalue weighted by molar-refractivity contribution is 7.14. The number of aryl methyl sites for hydroxylation is 2. The Morgan fingerprint density at radius 2 is 1.90 bits per heavy atom. The van der Waals surface area contributed by atoms with Crippen molar-refractivity contribution in [1.82, 2.24) is 4.90 Å². The summed E-state index contributed by atoms with van der Waals surface area (Å²) in [6.45, 7) is 5.51. The summed E-state index contributed by atoms with van der Waals surface area (Å²) in [5.74, 6) is 0.199. The second-order valence-corrected chi connectivity index (χ2v) is 7.22. The smallest absolute Gasteiger partial charge is 0.264 e. The molecule has 0 N–H and O–H groups in total. The van der Waals surface area contributed by atoms with E-state index in [4.69, 9.17) is 4.74 Å². The molecule has 110 valence electrons. The van der Waals surface area contributed by atoms with Crippen LogP contribution in [0.5, 0.6) is 0 Å². The molecule has 1 aliphatic heterocycles. The molecule has 3 nitrogen and oxygen atoms in total. The first-order valence-electron chi connectivity index (χ1n) is 7.70. The molecule has 0 aromatic carbocycles. The van der Waals surface area contributed by atoms with Crippen LogP contribution in [0, 0.1) is 0 Å². The molecule has 3 rings (SSSR count). The molecule has 1 amide bonds. The average molecular weight is 293 g/mol. The van der Waals surface area contributed by atoms with Gasteiger partial charge in [0.15, 0.2) is 0 Å². The van der Waals surface area contributed by atoms with Crippen LogP contribution in [-0.2, 0) is 17.6 Å². The third-order valence-electron chi connectivity index (χ3n) is 4.16. The fourth-order valence-corrected chi connectivity index (χ4v) is 4.49. The number of hydrogen-bond acceptors (Lipinski definition) is 3. The topological polar surface area (TPSA) is 29.5 Å². The van der Waals surface area contributed by atoms with Gasteiger partial charge < -0.3 is 9.64 Å². The Kier molecular flexibility index (Phi) is 4.13. The van der Waals surface area contributed by atoms with E-state index in [2.05, 4.69) is 6.07 Å². The number of rotatable bonds is 1. The van der Waals surface area contributed by atoms with Gasteiger partial charge in [0.25, 0.3) is 5.91 Å². The molecule has 1 aliphatic carbocycles. The van der Waals surface area contributed by atoms with Crippen molar-refractivity contribution in [3.8, 4) is 0 Å². The number of fused-ring (bicyclic) bond motifs is 1. The molecule has 2 unspecified atom stereocenters. The van der Waals surface area contributed by atoms with Gasteiger partial charge in [-0.15, -0.1) is 11.3 Å². The maximum Gasteiger partial charge on any atom is 0.264 e. The fraction of sp³-hybridized carbons (Fsp3) is 0.688. The predicted octanol–water partition coefficient (Wildman–Crippen LogP) is 3.27. The quantitative estimate of drug-likeness (QED) is 0.744. The predicted molar refractivity (Wildman–Crippen MR) is 81.5 cm³/mol. The fourth-order valence-electron chi connectivity index (χ4n) is 3.27. The van der Waals surface area contributed by atoms with Crippen molar-refractivity contribution in [2.24, 2.45) is 0 Å². The van der Waals surface area contributed by atoms with Crippen LogP contribution in [0.2, 0.25) is 0 Å². The Morgan fingerprint density at radius 3 is 2.65 bits per heavy atom. The molecule has 0 spiro atoms. The molecule has 20 heavy (non-hydrogen) atoms. The lowest BCUT2D eigenvalue weighted by atomic mass is 10.1. The lowest BCUT2D eigenvalue weighted by Crippen LogP contribution is -2.48. The monoisotopic (exact) mass is 293 g/mol. The van der Waals surface area contributed by atoms with Gasteiger partial charge in [-0.2, -0.15) is 0 Å². The summed E-state index contributed by atoms with van der Waals surface area (Å²) in [7, 11) is 0. The Morgan fingerprint density at radius 1 is 1.20 bits per heavy atom. The first kappa shape index (κ1) is 14.1. The lowest BCUT2D eigenvalue weighted by Gasteiger charge is -2.35. The van der Waals surface area contributed by atoms with Crippen molar-refractivity contribution in [2.45, 2.75) is 58.2 Å². The van der Waals surface area contributed by atoms with Crippen LogP contribution in [0.1, 0.15) is 53.2 Å². The van der Waals surface area contributed by atoms with E-state index in [-0.39, 0.29) is 18.1 Å². The second kappa shape index (κ2) is 5.86. The molecule has 1 aromatic rings. The number of nitrogens with zero attached hydrogens (tertiary/aromatic N) is 1. The summed E-state index contributed by atoms with van der Waals surface area (Å²) in [5.41, 5.74) is 1.42. The van der Waals surface area contributed by atoms with Crippen LogP contribution in [0.3, 0.4) is 0 Å². The molecule has 2 aliphatic rings. The number of morpholine rings is 1. The Bertz CT molecular complexity index is 463. The zero-order valence-electron chi connectivity index (χ0n) is 12.4. The molecule has 0 saturated carbocycles. The summed E-state index contributed by atoms with van der Waals surface area (Å²) < 4.78 is 5.71. The highest BCUT2D eigenvalue weighted by Gasteiger charge is 2.28. The van der Waals surface area contributed by atoms with E-state index >= 15 is 0 Å². The van der Waals surface area contributed by atoms with Gasteiger partial charge in [0.05, 0.1) is 17.1 Å². The van der Waals surface area contributed by atoms with E-state index < -0.39 is 0 Å². The van der Waals surface area contributed by atoms with Gasteiger partial charge in [-0.1, -0.05) is 6.42 Å². The number of thiophene rings is 1. The van der Waals surface area contributed by atoms with Crippen LogP contribution in [0.15, 0.2) is 6.07 Å². The van der Waals surface area contributed by atoms with Crippen molar-refractivity contribution in [3.05, 3.63) is 21.4 Å². The van der Waals surface area contributed by atoms with Gasteiger partial charge in [0, 0.05) is 18.0 Å². The van der Waals surface area contributed by atoms with E-state index in [1.807, 2.05) is 18.7 Å². The molecule has 0 radical (unpaired) electrons. The minimum absolute atomic E-state index is 0.139. The van der Waals surface area contributed by atoms with Crippen LogP contribution in [0.4, 0.5) is 0 Å². The molecule has 1 saturated heterocycles. The minimum atomic E-state index is 0.139. The van der Waals surface area contributed by atoms with Gasteiger partial charge in [-0.25, -0.2) is 0 Å². The Labute approximate surface area is 124 Å². The normalized spacial score (nSPS) is 27.0. The highest BCUT2D eigenvalue weighted by atomic mass is 32.1. The average Bonchev–Trinajstić information content (AvgIpc) is 2.68. The maximum absolute atomic E-state index is 12.7. The van der Waals surface area contributed by atoms with Crippen molar-refractivity contribution in [1.29, 1.82) is 0 Å².